The molecule has 23 heavy (non-hydrogen) atoms. The lowest BCUT2D eigenvalue weighted by Crippen LogP contribution is -2.40. The number of hydrogen-bond acceptors (Lipinski definition) is 4. The van der Waals surface area contributed by atoms with Crippen LogP contribution in [0.2, 0.25) is 0 Å². The largest absolute Gasteiger partial charge is 0.357 e. The Morgan fingerprint density at radius 1 is 1.35 bits per heavy atom. The van der Waals surface area contributed by atoms with E-state index in [1.54, 1.807) is 11.3 Å². The second-order valence-electron chi connectivity index (χ2n) is 6.06. The molecule has 0 saturated carbocycles. The first-order valence-corrected chi connectivity index (χ1v) is 9.64. The lowest BCUT2D eigenvalue weighted by molar-refractivity contribution is 0.273. The summed E-state index contributed by atoms with van der Waals surface area (Å²) in [5.41, 5.74) is 1.17. The van der Waals surface area contributed by atoms with Gasteiger partial charge in [0.15, 0.2) is 5.96 Å². The van der Waals surface area contributed by atoms with E-state index in [-0.39, 0.29) is 0 Å². The minimum atomic E-state index is 0.613. The fraction of sp³-hybridized carbons (Fsp3) is 0.765. The Kier molecular flexibility index (Phi) is 7.30. The molecular weight excluding hydrogens is 306 g/mol. The van der Waals surface area contributed by atoms with Crippen LogP contribution in [0.5, 0.6) is 0 Å². The smallest absolute Gasteiger partial charge is 0.191 e. The van der Waals surface area contributed by atoms with Crippen molar-refractivity contribution in [3.8, 4) is 0 Å². The van der Waals surface area contributed by atoms with Crippen molar-refractivity contribution in [2.45, 2.75) is 53.0 Å². The molecule has 0 radical (unpaired) electrons. The predicted molar refractivity (Wildman–Crippen MR) is 99.5 cm³/mol. The van der Waals surface area contributed by atoms with Crippen LogP contribution in [0.4, 0.5) is 0 Å². The van der Waals surface area contributed by atoms with Gasteiger partial charge in [0.25, 0.3) is 0 Å². The number of aliphatic imine (C=N–C) groups is 1. The van der Waals surface area contributed by atoms with Gasteiger partial charge in [-0.25, -0.2) is 4.98 Å². The zero-order valence-corrected chi connectivity index (χ0v) is 15.8. The van der Waals surface area contributed by atoms with Crippen LogP contribution in [-0.4, -0.2) is 54.6 Å². The van der Waals surface area contributed by atoms with Crippen molar-refractivity contribution >= 4 is 17.3 Å². The molecular formula is C17H31N5S. The molecule has 0 aliphatic carbocycles. The van der Waals surface area contributed by atoms with Gasteiger partial charge >= 0.3 is 0 Å². The normalized spacial score (nSPS) is 19.3. The predicted octanol–water partition coefficient (Wildman–Crippen LogP) is 2.34. The minimum absolute atomic E-state index is 0.613. The van der Waals surface area contributed by atoms with E-state index in [0.29, 0.717) is 6.04 Å². The van der Waals surface area contributed by atoms with E-state index in [4.69, 9.17) is 4.99 Å². The lowest BCUT2D eigenvalue weighted by atomic mass is 10.2. The van der Waals surface area contributed by atoms with Gasteiger partial charge in [-0.3, -0.25) is 9.89 Å². The highest BCUT2D eigenvalue weighted by atomic mass is 32.1. The van der Waals surface area contributed by atoms with Gasteiger partial charge in [-0.2, -0.15) is 0 Å². The summed E-state index contributed by atoms with van der Waals surface area (Å²) >= 11 is 1.80. The molecule has 0 spiro atoms. The Hall–Kier alpha value is -1.14. The summed E-state index contributed by atoms with van der Waals surface area (Å²) < 4.78 is 0. The first-order chi connectivity index (χ1) is 11.1. The zero-order valence-electron chi connectivity index (χ0n) is 15.0. The van der Waals surface area contributed by atoms with Crippen LogP contribution in [0.1, 0.15) is 42.3 Å². The number of thiazole rings is 1. The van der Waals surface area contributed by atoms with Gasteiger partial charge in [-0.15, -0.1) is 11.3 Å². The van der Waals surface area contributed by atoms with Crippen molar-refractivity contribution < 1.29 is 0 Å². The van der Waals surface area contributed by atoms with Crippen molar-refractivity contribution in [2.24, 2.45) is 4.99 Å². The number of guanidine groups is 1. The van der Waals surface area contributed by atoms with Crippen LogP contribution in [0.15, 0.2) is 4.99 Å². The first-order valence-electron chi connectivity index (χ1n) is 8.83. The average molecular weight is 338 g/mol. The molecule has 1 fully saturated rings. The van der Waals surface area contributed by atoms with Crippen molar-refractivity contribution in [2.75, 3.05) is 32.7 Å². The van der Waals surface area contributed by atoms with E-state index in [1.165, 1.54) is 30.0 Å². The lowest BCUT2D eigenvalue weighted by Gasteiger charge is -2.21. The second-order valence-corrected chi connectivity index (χ2v) is 7.35. The molecule has 1 aromatic heterocycles. The minimum Gasteiger partial charge on any atom is -0.357 e. The monoisotopic (exact) mass is 337 g/mol. The maximum atomic E-state index is 4.79. The van der Waals surface area contributed by atoms with Crippen LogP contribution < -0.4 is 10.6 Å². The Balaban J connectivity index is 1.83. The molecule has 0 amide bonds. The third-order valence-electron chi connectivity index (χ3n) is 4.35. The van der Waals surface area contributed by atoms with Crippen LogP contribution in [0.3, 0.4) is 0 Å². The van der Waals surface area contributed by atoms with E-state index in [0.717, 1.165) is 43.6 Å². The third-order valence-corrected chi connectivity index (χ3v) is 5.49. The Morgan fingerprint density at radius 2 is 2.17 bits per heavy atom. The van der Waals surface area contributed by atoms with Gasteiger partial charge in [-0.1, -0.05) is 6.92 Å². The van der Waals surface area contributed by atoms with Gasteiger partial charge in [0.1, 0.15) is 0 Å². The van der Waals surface area contributed by atoms with Crippen LogP contribution in [-0.2, 0) is 6.42 Å². The molecule has 2 rings (SSSR count). The highest BCUT2D eigenvalue weighted by molar-refractivity contribution is 7.11. The molecule has 2 N–H and O–H groups in total. The molecule has 0 aromatic carbocycles. The van der Waals surface area contributed by atoms with E-state index in [1.807, 2.05) is 0 Å². The highest BCUT2D eigenvalue weighted by Gasteiger charge is 2.22. The number of hydrogen-bond donors (Lipinski definition) is 2. The second kappa shape index (κ2) is 9.23. The molecule has 1 unspecified atom stereocenters. The van der Waals surface area contributed by atoms with Gasteiger partial charge in [0.2, 0.25) is 0 Å². The quantitative estimate of drug-likeness (QED) is 0.592. The zero-order chi connectivity index (χ0) is 16.7. The van der Waals surface area contributed by atoms with E-state index in [2.05, 4.69) is 48.2 Å². The fourth-order valence-corrected chi connectivity index (χ4v) is 4.09. The summed E-state index contributed by atoms with van der Waals surface area (Å²) in [5, 5.41) is 7.97. The number of aromatic nitrogens is 1. The third kappa shape index (κ3) is 5.46. The van der Waals surface area contributed by atoms with Crippen molar-refractivity contribution in [1.29, 1.82) is 0 Å². The Labute approximate surface area is 144 Å². The van der Waals surface area contributed by atoms with Crippen LogP contribution >= 0.6 is 11.3 Å². The fourth-order valence-electron chi connectivity index (χ4n) is 3.16. The summed E-state index contributed by atoms with van der Waals surface area (Å²) in [7, 11) is 0. The number of nitrogens with one attached hydrogen (secondary N) is 2. The highest BCUT2D eigenvalue weighted by Crippen LogP contribution is 2.17. The Morgan fingerprint density at radius 3 is 2.83 bits per heavy atom. The van der Waals surface area contributed by atoms with Crippen molar-refractivity contribution in [3.63, 3.8) is 0 Å². The number of rotatable bonds is 7. The molecule has 1 aliphatic rings. The average Bonchev–Trinajstić information content (AvgIpc) is 3.10. The van der Waals surface area contributed by atoms with E-state index < -0.39 is 0 Å². The summed E-state index contributed by atoms with van der Waals surface area (Å²) in [6, 6.07) is 0.613. The van der Waals surface area contributed by atoms with Gasteiger partial charge in [-0.05, 0) is 46.7 Å². The topological polar surface area (TPSA) is 52.6 Å². The summed E-state index contributed by atoms with van der Waals surface area (Å²) in [5.74, 6) is 0.939. The molecule has 0 bridgehead atoms. The standard InChI is InChI=1S/C17H31N5S/c1-5-18-17(20-12-15-8-7-11-22(15)6-2)19-10-9-16-13(3)21-14(4)23-16/h15H,5-12H2,1-4H3,(H2,18,19,20). The maximum absolute atomic E-state index is 4.79. The maximum Gasteiger partial charge on any atom is 0.191 e. The number of aryl methyl sites for hydroxylation is 2. The van der Waals surface area contributed by atoms with Crippen molar-refractivity contribution in [3.05, 3.63) is 15.6 Å². The summed E-state index contributed by atoms with van der Waals surface area (Å²) in [4.78, 5) is 13.2. The van der Waals surface area contributed by atoms with E-state index in [9.17, 15) is 0 Å². The molecule has 2 heterocycles. The molecule has 1 aromatic rings. The number of likely N-dealkylation sites (tertiary alicyclic amines) is 1. The first kappa shape index (κ1) is 18.2. The summed E-state index contributed by atoms with van der Waals surface area (Å²) in [6.07, 6.45) is 3.59. The van der Waals surface area contributed by atoms with E-state index >= 15 is 0 Å². The van der Waals surface area contributed by atoms with Gasteiger partial charge in [0.05, 0.1) is 17.2 Å². The molecule has 1 saturated heterocycles. The Bertz CT molecular complexity index is 511. The van der Waals surface area contributed by atoms with Crippen LogP contribution in [0.25, 0.3) is 0 Å². The molecule has 130 valence electrons. The van der Waals surface area contributed by atoms with Crippen LogP contribution in [0, 0.1) is 13.8 Å². The SMILES string of the molecule is CCNC(=NCC1CCCN1CC)NCCc1sc(C)nc1C. The van der Waals surface area contributed by atoms with Gasteiger partial charge in [0, 0.05) is 30.4 Å². The van der Waals surface area contributed by atoms with Crippen molar-refractivity contribution in [1.82, 2.24) is 20.5 Å². The number of likely N-dealkylation sites (N-methyl/N-ethyl adjacent to an activating group) is 1. The van der Waals surface area contributed by atoms with Gasteiger partial charge < -0.3 is 10.6 Å². The number of nitrogens with zero attached hydrogens (tertiary/aromatic N) is 3. The summed E-state index contributed by atoms with van der Waals surface area (Å²) in [6.45, 7) is 13.6. The molecule has 6 heteroatoms. The molecule has 1 atom stereocenters. The molecule has 1 aliphatic heterocycles. The molecule has 5 nitrogen and oxygen atoms in total.